The number of rotatable bonds is 3. The van der Waals surface area contributed by atoms with Crippen LogP contribution in [0.1, 0.15) is 51.4 Å². The molecular weight excluding hydrogens is 240 g/mol. The molecule has 2 aliphatic heterocycles. The van der Waals surface area contributed by atoms with E-state index in [9.17, 15) is 0 Å². The zero-order chi connectivity index (χ0) is 12.4. The van der Waals surface area contributed by atoms with Gasteiger partial charge in [-0.25, -0.2) is 0 Å². The van der Waals surface area contributed by atoms with Crippen molar-refractivity contribution in [2.24, 2.45) is 0 Å². The zero-order valence-corrected chi connectivity index (χ0v) is 12.6. The van der Waals surface area contributed by atoms with Crippen LogP contribution in [-0.2, 0) is 0 Å². The van der Waals surface area contributed by atoms with E-state index in [1.807, 2.05) is 0 Å². The van der Waals surface area contributed by atoms with Crippen LogP contribution < -0.4 is 5.32 Å². The Morgan fingerprint density at radius 1 is 1.00 bits per heavy atom. The van der Waals surface area contributed by atoms with Crippen molar-refractivity contribution in [1.29, 1.82) is 0 Å². The largest absolute Gasteiger partial charge is 0.310 e. The Kier molecular flexibility index (Phi) is 4.53. The van der Waals surface area contributed by atoms with E-state index in [-0.39, 0.29) is 0 Å². The maximum atomic E-state index is 4.02. The molecule has 0 aromatic heterocycles. The van der Waals surface area contributed by atoms with Gasteiger partial charge >= 0.3 is 0 Å². The molecule has 0 spiro atoms. The lowest BCUT2D eigenvalue weighted by Crippen LogP contribution is -2.51. The Labute approximate surface area is 116 Å². The van der Waals surface area contributed by atoms with E-state index in [2.05, 4.69) is 28.2 Å². The first-order chi connectivity index (χ1) is 8.86. The van der Waals surface area contributed by atoms with Crippen molar-refractivity contribution in [3.8, 4) is 0 Å². The molecule has 2 heterocycles. The standard InChI is InChI=1S/C15H28N2S/c1-18-15-7-3-2-6-14(15)16-12-8-10-17-9-4-5-13(17)11-12/h12-16H,2-11H2,1H3. The van der Waals surface area contributed by atoms with Gasteiger partial charge in [0.2, 0.25) is 0 Å². The molecule has 104 valence electrons. The normalized spacial score (nSPS) is 41.8. The van der Waals surface area contributed by atoms with Gasteiger partial charge in [0.05, 0.1) is 0 Å². The van der Waals surface area contributed by atoms with Crippen LogP contribution in [0.3, 0.4) is 0 Å². The molecule has 0 bridgehead atoms. The van der Waals surface area contributed by atoms with Gasteiger partial charge in [0, 0.05) is 23.4 Å². The second-order valence-electron chi connectivity index (χ2n) is 6.39. The van der Waals surface area contributed by atoms with Crippen LogP contribution in [0.2, 0.25) is 0 Å². The minimum atomic E-state index is 0.798. The molecule has 0 aromatic rings. The Bertz CT molecular complexity index is 271. The maximum Gasteiger partial charge on any atom is 0.0198 e. The molecule has 3 aliphatic rings. The summed E-state index contributed by atoms with van der Waals surface area (Å²) < 4.78 is 0. The molecule has 3 heteroatoms. The van der Waals surface area contributed by atoms with Gasteiger partial charge < -0.3 is 10.2 Å². The topological polar surface area (TPSA) is 15.3 Å². The van der Waals surface area contributed by atoms with Crippen molar-refractivity contribution in [3.05, 3.63) is 0 Å². The monoisotopic (exact) mass is 268 g/mol. The van der Waals surface area contributed by atoms with E-state index in [0.717, 1.165) is 23.4 Å². The predicted molar refractivity (Wildman–Crippen MR) is 80.3 cm³/mol. The molecule has 0 radical (unpaired) electrons. The lowest BCUT2D eigenvalue weighted by atomic mass is 9.91. The summed E-state index contributed by atoms with van der Waals surface area (Å²) in [6, 6.07) is 2.52. The third-order valence-corrected chi connectivity index (χ3v) is 6.45. The van der Waals surface area contributed by atoms with Crippen LogP contribution >= 0.6 is 11.8 Å². The average molecular weight is 268 g/mol. The summed E-state index contributed by atoms with van der Waals surface area (Å²) in [5, 5.41) is 4.90. The molecule has 1 N–H and O–H groups in total. The first-order valence-electron chi connectivity index (χ1n) is 7.89. The molecule has 18 heavy (non-hydrogen) atoms. The van der Waals surface area contributed by atoms with Gasteiger partial charge in [-0.3, -0.25) is 0 Å². The molecule has 4 unspecified atom stereocenters. The first kappa shape index (κ1) is 13.3. The highest BCUT2D eigenvalue weighted by Crippen LogP contribution is 2.31. The third-order valence-electron chi connectivity index (χ3n) is 5.28. The molecule has 2 saturated heterocycles. The average Bonchev–Trinajstić information content (AvgIpc) is 2.87. The highest BCUT2D eigenvalue weighted by Gasteiger charge is 2.34. The van der Waals surface area contributed by atoms with Gasteiger partial charge in [-0.05, 0) is 57.9 Å². The molecule has 0 amide bonds. The van der Waals surface area contributed by atoms with E-state index in [4.69, 9.17) is 0 Å². The summed E-state index contributed by atoms with van der Waals surface area (Å²) in [4.78, 5) is 2.73. The maximum absolute atomic E-state index is 4.02. The molecule has 1 aliphatic carbocycles. The Morgan fingerprint density at radius 2 is 1.89 bits per heavy atom. The van der Waals surface area contributed by atoms with Gasteiger partial charge in [-0.2, -0.15) is 11.8 Å². The highest BCUT2D eigenvalue weighted by molar-refractivity contribution is 7.99. The molecule has 3 rings (SSSR count). The quantitative estimate of drug-likeness (QED) is 0.847. The van der Waals surface area contributed by atoms with E-state index in [1.165, 1.54) is 64.5 Å². The van der Waals surface area contributed by atoms with E-state index >= 15 is 0 Å². The number of fused-ring (bicyclic) bond motifs is 1. The van der Waals surface area contributed by atoms with E-state index < -0.39 is 0 Å². The van der Waals surface area contributed by atoms with Gasteiger partial charge in [0.15, 0.2) is 0 Å². The number of hydrogen-bond donors (Lipinski definition) is 1. The van der Waals surface area contributed by atoms with Crippen LogP contribution in [-0.4, -0.2) is 47.6 Å². The van der Waals surface area contributed by atoms with Crippen LogP contribution in [0.5, 0.6) is 0 Å². The van der Waals surface area contributed by atoms with Crippen molar-refractivity contribution >= 4 is 11.8 Å². The van der Waals surface area contributed by atoms with Gasteiger partial charge in [0.25, 0.3) is 0 Å². The molecule has 3 fully saturated rings. The fourth-order valence-corrected chi connectivity index (χ4v) is 5.19. The van der Waals surface area contributed by atoms with Crippen LogP contribution in [0.4, 0.5) is 0 Å². The zero-order valence-electron chi connectivity index (χ0n) is 11.7. The van der Waals surface area contributed by atoms with Gasteiger partial charge in [0.1, 0.15) is 0 Å². The molecular formula is C15H28N2S. The number of thioether (sulfide) groups is 1. The molecule has 4 atom stereocenters. The fourth-order valence-electron chi connectivity index (χ4n) is 4.25. The van der Waals surface area contributed by atoms with E-state index in [0.29, 0.717) is 0 Å². The molecule has 2 nitrogen and oxygen atoms in total. The summed E-state index contributed by atoms with van der Waals surface area (Å²) in [6.45, 7) is 2.72. The summed E-state index contributed by atoms with van der Waals surface area (Å²) in [5.74, 6) is 0. The van der Waals surface area contributed by atoms with Crippen LogP contribution in [0.15, 0.2) is 0 Å². The Balaban J connectivity index is 1.52. The summed E-state index contributed by atoms with van der Waals surface area (Å²) in [6.07, 6.45) is 13.7. The smallest absolute Gasteiger partial charge is 0.0198 e. The lowest BCUT2D eigenvalue weighted by molar-refractivity contribution is 0.156. The fraction of sp³-hybridized carbons (Fsp3) is 1.00. The Hall–Kier alpha value is 0.270. The minimum absolute atomic E-state index is 0.798. The van der Waals surface area contributed by atoms with Crippen molar-refractivity contribution in [3.63, 3.8) is 0 Å². The number of piperidine rings is 1. The van der Waals surface area contributed by atoms with Gasteiger partial charge in [-0.15, -0.1) is 0 Å². The summed E-state index contributed by atoms with van der Waals surface area (Å²) in [5.41, 5.74) is 0. The van der Waals surface area contributed by atoms with E-state index in [1.54, 1.807) is 0 Å². The van der Waals surface area contributed by atoms with Crippen molar-refractivity contribution < 1.29 is 0 Å². The van der Waals surface area contributed by atoms with Crippen LogP contribution in [0, 0.1) is 0 Å². The number of nitrogens with one attached hydrogen (secondary N) is 1. The summed E-state index contributed by atoms with van der Waals surface area (Å²) in [7, 11) is 0. The van der Waals surface area contributed by atoms with Crippen molar-refractivity contribution in [2.75, 3.05) is 19.3 Å². The molecule has 0 aromatic carbocycles. The lowest BCUT2D eigenvalue weighted by Gasteiger charge is -2.40. The molecule has 1 saturated carbocycles. The van der Waals surface area contributed by atoms with Crippen LogP contribution in [0.25, 0.3) is 0 Å². The second kappa shape index (κ2) is 6.15. The number of nitrogens with zero attached hydrogens (tertiary/aromatic N) is 1. The van der Waals surface area contributed by atoms with Gasteiger partial charge in [-0.1, -0.05) is 12.8 Å². The third kappa shape index (κ3) is 2.88. The first-order valence-corrected chi connectivity index (χ1v) is 9.18. The Morgan fingerprint density at radius 3 is 2.78 bits per heavy atom. The van der Waals surface area contributed by atoms with Crippen molar-refractivity contribution in [2.45, 2.75) is 74.7 Å². The predicted octanol–water partition coefficient (Wildman–Crippen LogP) is 2.88. The van der Waals surface area contributed by atoms with Crippen molar-refractivity contribution in [1.82, 2.24) is 10.2 Å². The highest BCUT2D eigenvalue weighted by atomic mass is 32.2. The minimum Gasteiger partial charge on any atom is -0.310 e. The summed E-state index contributed by atoms with van der Waals surface area (Å²) >= 11 is 2.09. The SMILES string of the molecule is CSC1CCCCC1NC1CCN2CCCC2C1. The number of hydrogen-bond acceptors (Lipinski definition) is 3. The second-order valence-corrected chi connectivity index (χ2v) is 7.46.